The van der Waals surface area contributed by atoms with Crippen LogP contribution in [0.2, 0.25) is 0 Å². The number of hydrogen-bond donors (Lipinski definition) is 3. The Hall–Kier alpha value is -1.20. The lowest BCUT2D eigenvalue weighted by Gasteiger charge is -2.21. The second-order valence-corrected chi connectivity index (χ2v) is 5.67. The third-order valence-electron chi connectivity index (χ3n) is 3.25. The Morgan fingerprint density at radius 2 is 2.11 bits per heavy atom. The molecule has 0 aliphatic carbocycles. The number of carbonyl (C=O) groups is 1. The van der Waals surface area contributed by atoms with Crippen LogP contribution < -0.4 is 10.6 Å². The van der Waals surface area contributed by atoms with Gasteiger partial charge in [-0.3, -0.25) is 0 Å². The van der Waals surface area contributed by atoms with Gasteiger partial charge in [-0.2, -0.15) is 11.8 Å². The fourth-order valence-corrected chi connectivity index (χ4v) is 2.41. The molecule has 0 radical (unpaired) electrons. The molecule has 106 valence electrons. The monoisotopic (exact) mass is 282 g/mol. The van der Waals surface area contributed by atoms with Crippen molar-refractivity contribution >= 4 is 23.5 Å². The molecule has 5 heteroatoms. The lowest BCUT2D eigenvalue weighted by molar-refractivity contribution is 0.243. The van der Waals surface area contributed by atoms with Gasteiger partial charge in [-0.1, -0.05) is 12.1 Å². The number of aryl methyl sites for hydroxylation is 1. The number of thioether (sulfide) groups is 1. The van der Waals surface area contributed by atoms with Gasteiger partial charge in [0.1, 0.15) is 0 Å². The molecular weight excluding hydrogens is 260 g/mol. The van der Waals surface area contributed by atoms with E-state index in [1.165, 1.54) is 11.8 Å². The molecule has 3 N–H and O–H groups in total. The summed E-state index contributed by atoms with van der Waals surface area (Å²) in [5.41, 5.74) is 3.02. The van der Waals surface area contributed by atoms with Gasteiger partial charge < -0.3 is 15.7 Å². The van der Waals surface area contributed by atoms with Crippen molar-refractivity contribution in [2.24, 2.45) is 0 Å². The minimum absolute atomic E-state index is 0.00403. The topological polar surface area (TPSA) is 61.4 Å². The highest BCUT2D eigenvalue weighted by Crippen LogP contribution is 2.18. The summed E-state index contributed by atoms with van der Waals surface area (Å²) < 4.78 is 0. The maximum atomic E-state index is 11.9. The average molecular weight is 282 g/mol. The smallest absolute Gasteiger partial charge is 0.319 e. The van der Waals surface area contributed by atoms with Crippen LogP contribution in [0.25, 0.3) is 0 Å². The van der Waals surface area contributed by atoms with Crippen LogP contribution in [0.15, 0.2) is 18.2 Å². The van der Waals surface area contributed by atoms with Gasteiger partial charge in [0, 0.05) is 17.0 Å². The summed E-state index contributed by atoms with van der Waals surface area (Å²) in [5.74, 6) is 0. The number of urea groups is 1. The molecule has 0 aromatic heterocycles. The normalized spacial score (nSPS) is 13.7. The summed E-state index contributed by atoms with van der Waals surface area (Å²) >= 11 is 1.54. The first kappa shape index (κ1) is 15.9. The molecule has 0 heterocycles. The third-order valence-corrected chi connectivity index (χ3v) is 4.41. The maximum Gasteiger partial charge on any atom is 0.319 e. The van der Waals surface area contributed by atoms with E-state index in [9.17, 15) is 9.90 Å². The van der Waals surface area contributed by atoms with E-state index in [0.29, 0.717) is 0 Å². The van der Waals surface area contributed by atoms with Crippen LogP contribution in [0.5, 0.6) is 0 Å². The molecule has 1 aromatic rings. The zero-order valence-electron chi connectivity index (χ0n) is 11.9. The van der Waals surface area contributed by atoms with Crippen molar-refractivity contribution in [1.29, 1.82) is 0 Å². The van der Waals surface area contributed by atoms with Gasteiger partial charge >= 0.3 is 6.03 Å². The summed E-state index contributed by atoms with van der Waals surface area (Å²) in [7, 11) is 0. The molecule has 2 amide bonds. The lowest BCUT2D eigenvalue weighted by atomic mass is 10.1. The molecule has 2 unspecified atom stereocenters. The van der Waals surface area contributed by atoms with E-state index >= 15 is 0 Å². The zero-order valence-corrected chi connectivity index (χ0v) is 12.7. The first-order chi connectivity index (χ1) is 8.99. The van der Waals surface area contributed by atoms with E-state index in [1.807, 2.05) is 45.2 Å². The molecule has 4 nitrogen and oxygen atoms in total. The number of nitrogens with one attached hydrogen (secondary N) is 2. The van der Waals surface area contributed by atoms with Gasteiger partial charge in [0.2, 0.25) is 0 Å². The van der Waals surface area contributed by atoms with Crippen LogP contribution in [0.3, 0.4) is 0 Å². The van der Waals surface area contributed by atoms with Crippen molar-refractivity contribution in [2.45, 2.75) is 32.1 Å². The molecule has 1 rings (SSSR count). The molecule has 0 saturated heterocycles. The molecule has 0 fully saturated rings. The Morgan fingerprint density at radius 3 is 2.68 bits per heavy atom. The first-order valence-electron chi connectivity index (χ1n) is 6.27. The van der Waals surface area contributed by atoms with E-state index in [4.69, 9.17) is 0 Å². The fourth-order valence-electron chi connectivity index (χ4n) is 1.78. The van der Waals surface area contributed by atoms with E-state index in [2.05, 4.69) is 10.6 Å². The van der Waals surface area contributed by atoms with Crippen molar-refractivity contribution in [3.05, 3.63) is 29.3 Å². The van der Waals surface area contributed by atoms with Crippen molar-refractivity contribution in [3.63, 3.8) is 0 Å². The number of anilines is 1. The minimum Gasteiger partial charge on any atom is -0.395 e. The van der Waals surface area contributed by atoms with Gasteiger partial charge in [-0.15, -0.1) is 0 Å². The maximum absolute atomic E-state index is 11.9. The third kappa shape index (κ3) is 4.44. The molecule has 19 heavy (non-hydrogen) atoms. The van der Waals surface area contributed by atoms with Crippen molar-refractivity contribution in [2.75, 3.05) is 18.2 Å². The summed E-state index contributed by atoms with van der Waals surface area (Å²) in [6, 6.07) is 5.47. The standard InChI is InChI=1S/C14H22N2O2S/c1-9-6-5-7-12(10(9)2)16-14(18)15-11(3)13(8-17)19-4/h5-7,11,13,17H,8H2,1-4H3,(H2,15,16,18). The first-order valence-corrected chi connectivity index (χ1v) is 7.55. The Balaban J connectivity index is 2.63. The van der Waals surface area contributed by atoms with E-state index in [1.54, 1.807) is 0 Å². The lowest BCUT2D eigenvalue weighted by Crippen LogP contribution is -2.43. The van der Waals surface area contributed by atoms with Gasteiger partial charge in [-0.25, -0.2) is 4.79 Å². The molecule has 1 aromatic carbocycles. The average Bonchev–Trinajstić information content (AvgIpc) is 2.36. The second-order valence-electron chi connectivity index (χ2n) is 4.59. The van der Waals surface area contributed by atoms with Gasteiger partial charge in [0.25, 0.3) is 0 Å². The number of benzene rings is 1. The van der Waals surface area contributed by atoms with E-state index in [0.717, 1.165) is 16.8 Å². The minimum atomic E-state index is -0.242. The Bertz CT molecular complexity index is 433. The largest absolute Gasteiger partial charge is 0.395 e. The number of hydrogen-bond acceptors (Lipinski definition) is 3. The molecule has 0 saturated carbocycles. The summed E-state index contributed by atoms with van der Waals surface area (Å²) in [6.07, 6.45) is 1.92. The molecule has 0 aliphatic rings. The highest BCUT2D eigenvalue weighted by Gasteiger charge is 2.17. The van der Waals surface area contributed by atoms with E-state index < -0.39 is 0 Å². The summed E-state index contributed by atoms with van der Waals surface area (Å²) in [5, 5.41) is 14.9. The molecule has 0 bridgehead atoms. The van der Waals surface area contributed by atoms with Crippen LogP contribution in [0.4, 0.5) is 10.5 Å². The predicted molar refractivity (Wildman–Crippen MR) is 81.9 cm³/mol. The Morgan fingerprint density at radius 1 is 1.42 bits per heavy atom. The Kier molecular flexibility index (Phi) is 6.18. The van der Waals surface area contributed by atoms with Crippen LogP contribution in [-0.2, 0) is 0 Å². The SMILES string of the molecule is CSC(CO)C(C)NC(=O)Nc1cccc(C)c1C. The van der Waals surface area contributed by atoms with Crippen LogP contribution >= 0.6 is 11.8 Å². The second kappa shape index (κ2) is 7.40. The van der Waals surface area contributed by atoms with Crippen molar-refractivity contribution in [1.82, 2.24) is 5.32 Å². The van der Waals surface area contributed by atoms with Crippen LogP contribution in [0, 0.1) is 13.8 Å². The highest BCUT2D eigenvalue weighted by atomic mass is 32.2. The molecular formula is C14H22N2O2S. The molecule has 2 atom stereocenters. The van der Waals surface area contributed by atoms with Crippen molar-refractivity contribution < 1.29 is 9.90 Å². The molecule has 0 spiro atoms. The van der Waals surface area contributed by atoms with Crippen LogP contribution in [0.1, 0.15) is 18.1 Å². The van der Waals surface area contributed by atoms with Crippen LogP contribution in [-0.4, -0.2) is 35.3 Å². The quantitative estimate of drug-likeness (QED) is 0.778. The number of rotatable bonds is 5. The van der Waals surface area contributed by atoms with Crippen molar-refractivity contribution in [3.8, 4) is 0 Å². The number of aliphatic hydroxyl groups is 1. The number of carbonyl (C=O) groups excluding carboxylic acids is 1. The summed E-state index contributed by atoms with van der Waals surface area (Å²) in [4.78, 5) is 11.9. The summed E-state index contributed by atoms with van der Waals surface area (Å²) in [6.45, 7) is 5.93. The number of amides is 2. The predicted octanol–water partition coefficient (Wildman–Crippen LogP) is 2.54. The number of aliphatic hydroxyl groups excluding tert-OH is 1. The van der Waals surface area contributed by atoms with E-state index in [-0.39, 0.29) is 23.9 Å². The fraction of sp³-hybridized carbons (Fsp3) is 0.500. The van der Waals surface area contributed by atoms with Gasteiger partial charge in [-0.05, 0) is 44.2 Å². The van der Waals surface area contributed by atoms with Gasteiger partial charge in [0.05, 0.1) is 6.61 Å². The highest BCUT2D eigenvalue weighted by molar-refractivity contribution is 7.99. The Labute approximate surface area is 119 Å². The van der Waals surface area contributed by atoms with Gasteiger partial charge in [0.15, 0.2) is 0 Å². The zero-order chi connectivity index (χ0) is 14.4. The molecule has 0 aliphatic heterocycles.